The minimum atomic E-state index is -1.01. The number of aliphatic hydroxyl groups is 1. The molecule has 9 atom stereocenters. The molecule has 5 heteroatoms. The van der Waals surface area contributed by atoms with Crippen molar-refractivity contribution in [2.24, 2.45) is 50.2 Å². The molecule has 224 valence electrons. The van der Waals surface area contributed by atoms with Gasteiger partial charge in [0, 0.05) is 17.3 Å². The van der Waals surface area contributed by atoms with Crippen molar-refractivity contribution in [2.75, 3.05) is 13.2 Å². The predicted octanol–water partition coefficient (Wildman–Crippen LogP) is 7.53. The summed E-state index contributed by atoms with van der Waals surface area (Å²) in [5, 5.41) is 22.5. The lowest BCUT2D eigenvalue weighted by Gasteiger charge is -2.74. The summed E-state index contributed by atoms with van der Waals surface area (Å²) < 4.78 is 12.9. The van der Waals surface area contributed by atoms with Crippen LogP contribution in [0.15, 0.2) is 23.3 Å². The van der Waals surface area contributed by atoms with E-state index in [4.69, 9.17) is 9.47 Å². The smallest absolute Gasteiger partial charge is 0.312 e. The number of carbonyl (C=O) groups is 1. The van der Waals surface area contributed by atoms with Gasteiger partial charge < -0.3 is 19.7 Å². The van der Waals surface area contributed by atoms with E-state index < -0.39 is 17.2 Å². The second-order valence-electron chi connectivity index (χ2n) is 16.9. The molecule has 6 fully saturated rings. The summed E-state index contributed by atoms with van der Waals surface area (Å²) in [7, 11) is 0. The molecule has 2 heterocycles. The first kappa shape index (κ1) is 28.9. The van der Waals surface area contributed by atoms with E-state index in [0.717, 1.165) is 51.4 Å². The summed E-state index contributed by atoms with van der Waals surface area (Å²) in [6.07, 6.45) is 12.6. The third-order valence-corrected chi connectivity index (χ3v) is 14.3. The maximum atomic E-state index is 13.4. The molecular weight excluding hydrogens is 500 g/mol. The molecule has 0 aromatic rings. The zero-order valence-electron chi connectivity index (χ0n) is 26.4. The normalized spacial score (nSPS) is 50.0. The second kappa shape index (κ2) is 8.69. The van der Waals surface area contributed by atoms with Gasteiger partial charge in [-0.3, -0.25) is 4.79 Å². The summed E-state index contributed by atoms with van der Waals surface area (Å²) >= 11 is 0. The Morgan fingerprint density at radius 2 is 1.75 bits per heavy atom. The molecule has 2 N–H and O–H groups in total. The van der Waals surface area contributed by atoms with E-state index in [1.54, 1.807) is 0 Å². The zero-order valence-corrected chi connectivity index (χ0v) is 26.4. The summed E-state index contributed by atoms with van der Waals surface area (Å²) in [5.41, 5.74) is 1.61. The van der Waals surface area contributed by atoms with Gasteiger partial charge in [-0.15, -0.1) is 0 Å². The van der Waals surface area contributed by atoms with Crippen LogP contribution in [-0.4, -0.2) is 41.3 Å². The lowest BCUT2D eigenvalue weighted by Crippen LogP contribution is -2.73. The van der Waals surface area contributed by atoms with Gasteiger partial charge in [-0.05, 0) is 99.2 Å². The van der Waals surface area contributed by atoms with E-state index in [2.05, 4.69) is 67.5 Å². The fraction of sp³-hybridized carbons (Fsp3) is 0.857. The van der Waals surface area contributed by atoms with Crippen LogP contribution in [-0.2, 0) is 14.3 Å². The van der Waals surface area contributed by atoms with Gasteiger partial charge in [-0.25, -0.2) is 0 Å². The van der Waals surface area contributed by atoms with Crippen LogP contribution < -0.4 is 0 Å². The third-order valence-electron chi connectivity index (χ3n) is 14.3. The predicted molar refractivity (Wildman–Crippen MR) is 156 cm³/mol. The summed E-state index contributed by atoms with van der Waals surface area (Å²) in [6, 6.07) is 0. The van der Waals surface area contributed by atoms with E-state index in [1.807, 2.05) is 0 Å². The highest BCUT2D eigenvalue weighted by molar-refractivity contribution is 5.77. The van der Waals surface area contributed by atoms with Crippen LogP contribution in [0.5, 0.6) is 0 Å². The van der Waals surface area contributed by atoms with Crippen molar-refractivity contribution in [3.05, 3.63) is 23.3 Å². The molecule has 5 aliphatic carbocycles. The van der Waals surface area contributed by atoms with Crippen molar-refractivity contribution in [3.8, 4) is 0 Å². The first-order valence-corrected chi connectivity index (χ1v) is 16.0. The number of fused-ring (bicyclic) bond motifs is 7. The molecule has 7 rings (SSSR count). The molecule has 0 aromatic carbocycles. The Morgan fingerprint density at radius 1 is 1.02 bits per heavy atom. The monoisotopic (exact) mass is 554 g/mol. The Bertz CT molecular complexity index is 1130. The van der Waals surface area contributed by atoms with Crippen LogP contribution in [0.2, 0.25) is 0 Å². The third kappa shape index (κ3) is 3.46. The highest BCUT2D eigenvalue weighted by Crippen LogP contribution is 2.78. The minimum absolute atomic E-state index is 0.00676. The van der Waals surface area contributed by atoms with Gasteiger partial charge in [0.2, 0.25) is 0 Å². The van der Waals surface area contributed by atoms with Crippen molar-refractivity contribution in [2.45, 2.75) is 125 Å². The van der Waals surface area contributed by atoms with Gasteiger partial charge in [-0.2, -0.15) is 0 Å². The van der Waals surface area contributed by atoms with Crippen molar-refractivity contribution in [1.29, 1.82) is 0 Å². The summed E-state index contributed by atoms with van der Waals surface area (Å²) in [6.45, 7) is 19.4. The first-order chi connectivity index (χ1) is 18.5. The van der Waals surface area contributed by atoms with E-state index >= 15 is 0 Å². The van der Waals surface area contributed by atoms with E-state index in [0.29, 0.717) is 31.5 Å². The molecule has 0 radical (unpaired) electrons. The second-order valence-corrected chi connectivity index (χ2v) is 16.9. The molecule has 5 nitrogen and oxygen atoms in total. The average Bonchev–Trinajstić information content (AvgIpc) is 2.84. The van der Waals surface area contributed by atoms with Gasteiger partial charge in [0.15, 0.2) is 5.79 Å². The maximum absolute atomic E-state index is 13.4. The van der Waals surface area contributed by atoms with Crippen LogP contribution in [0.25, 0.3) is 0 Å². The molecule has 0 aromatic heterocycles. The number of carboxylic acid groups (broad SMARTS) is 1. The summed E-state index contributed by atoms with van der Waals surface area (Å²) in [4.78, 5) is 13.4. The Morgan fingerprint density at radius 3 is 2.38 bits per heavy atom. The Balaban J connectivity index is 1.43. The summed E-state index contributed by atoms with van der Waals surface area (Å²) in [5.74, 6) is -0.746. The van der Waals surface area contributed by atoms with Gasteiger partial charge in [0.05, 0.1) is 19.3 Å². The molecule has 2 bridgehead atoms. The van der Waals surface area contributed by atoms with E-state index in [9.17, 15) is 15.0 Å². The van der Waals surface area contributed by atoms with Crippen molar-refractivity contribution < 1.29 is 24.5 Å². The highest BCUT2D eigenvalue weighted by Gasteiger charge is 2.75. The molecule has 1 spiro atoms. The number of allylic oxidation sites excluding steroid dienone is 3. The molecule has 0 amide bonds. The Kier molecular flexibility index (Phi) is 6.29. The van der Waals surface area contributed by atoms with Gasteiger partial charge in [-0.1, -0.05) is 64.8 Å². The van der Waals surface area contributed by atoms with Gasteiger partial charge in [0.1, 0.15) is 5.41 Å². The topological polar surface area (TPSA) is 76.0 Å². The molecule has 2 saturated heterocycles. The lowest BCUT2D eigenvalue weighted by atomic mass is 9.32. The first-order valence-electron chi connectivity index (χ1n) is 16.0. The van der Waals surface area contributed by atoms with Crippen LogP contribution in [0.4, 0.5) is 0 Å². The van der Waals surface area contributed by atoms with E-state index in [1.165, 1.54) is 11.1 Å². The Hall–Kier alpha value is -1.17. The van der Waals surface area contributed by atoms with Crippen molar-refractivity contribution in [3.63, 3.8) is 0 Å². The fourth-order valence-corrected chi connectivity index (χ4v) is 11.7. The molecule has 7 aliphatic rings. The molecular formula is C35H54O5. The number of ether oxygens (including phenoxy) is 2. The average molecular weight is 555 g/mol. The standard InChI is InChI=1S/C35H54O5/c1-22(2)12-18-39-27-20-29(3,4)19-24-23-9-10-26-32(8,31(23,7)14-16-34(24,27)28(36)37)13-11-25-30(5,6)35(38)17-15-33(25,26)21-40-35/h9,12,24-27,38H,10-11,13-21H2,1-8H3,(H,36,37)/t24-,25-,26-,27+,31+,32+,33+,34-,35?/m0/s1. The molecule has 4 saturated carbocycles. The quantitative estimate of drug-likeness (QED) is 0.351. The minimum Gasteiger partial charge on any atom is -0.481 e. The van der Waals surface area contributed by atoms with Crippen LogP contribution in [0.1, 0.15) is 113 Å². The van der Waals surface area contributed by atoms with Crippen LogP contribution >= 0.6 is 0 Å². The highest BCUT2D eigenvalue weighted by atomic mass is 16.6. The van der Waals surface area contributed by atoms with Crippen LogP contribution in [0.3, 0.4) is 0 Å². The van der Waals surface area contributed by atoms with Crippen LogP contribution in [0, 0.1) is 50.2 Å². The molecule has 40 heavy (non-hydrogen) atoms. The zero-order chi connectivity index (χ0) is 29.1. The number of aliphatic carboxylic acids is 1. The maximum Gasteiger partial charge on any atom is 0.312 e. The Labute approximate surface area is 242 Å². The largest absolute Gasteiger partial charge is 0.481 e. The molecule has 2 aliphatic heterocycles. The number of hydrogen-bond acceptors (Lipinski definition) is 4. The molecule has 1 unspecified atom stereocenters. The fourth-order valence-electron chi connectivity index (χ4n) is 11.7. The van der Waals surface area contributed by atoms with Gasteiger partial charge >= 0.3 is 5.97 Å². The van der Waals surface area contributed by atoms with Crippen molar-refractivity contribution in [1.82, 2.24) is 0 Å². The van der Waals surface area contributed by atoms with Gasteiger partial charge in [0.25, 0.3) is 0 Å². The number of rotatable bonds is 4. The number of hydrogen-bond donors (Lipinski definition) is 2. The number of carboxylic acids is 1. The SMILES string of the molecule is CC(C)=CCO[C@@H]1CC(C)(C)C[C@H]2C3=CC[C@@H]4[C@]56CCC(O)(OC5)C(C)(C)[C@@H]6CC[C@@]4(C)[C@]3(C)CC[C@@]12C(=O)O. The van der Waals surface area contributed by atoms with Crippen molar-refractivity contribution >= 4 is 5.97 Å². The van der Waals surface area contributed by atoms with E-state index in [-0.39, 0.29) is 39.1 Å². The lowest BCUT2D eigenvalue weighted by molar-refractivity contribution is -0.395.